The molecule has 0 aliphatic carbocycles. The van der Waals surface area contributed by atoms with Gasteiger partial charge in [0.1, 0.15) is 11.6 Å². The highest BCUT2D eigenvalue weighted by molar-refractivity contribution is 5.94. The van der Waals surface area contributed by atoms with Crippen LogP contribution in [0.15, 0.2) is 18.2 Å². The Labute approximate surface area is 86.5 Å². The van der Waals surface area contributed by atoms with Crippen LogP contribution in [0.5, 0.6) is 0 Å². The molecule has 0 saturated heterocycles. The van der Waals surface area contributed by atoms with Crippen LogP contribution in [0.2, 0.25) is 0 Å². The van der Waals surface area contributed by atoms with Gasteiger partial charge in [0.2, 0.25) is 0 Å². The summed E-state index contributed by atoms with van der Waals surface area (Å²) in [6, 6.07) is 2.78. The van der Waals surface area contributed by atoms with Gasteiger partial charge in [-0.1, -0.05) is 0 Å². The van der Waals surface area contributed by atoms with Gasteiger partial charge in [-0.05, 0) is 25.2 Å². The molecule has 0 aliphatic rings. The predicted molar refractivity (Wildman–Crippen MR) is 52.6 cm³/mol. The highest BCUT2D eigenvalue weighted by Gasteiger charge is 2.11. The van der Waals surface area contributed by atoms with E-state index in [0.717, 1.165) is 18.2 Å². The van der Waals surface area contributed by atoms with Crippen molar-refractivity contribution in [3.05, 3.63) is 35.4 Å². The second-order valence-corrected chi connectivity index (χ2v) is 2.98. The summed E-state index contributed by atoms with van der Waals surface area (Å²) in [5, 5.41) is 5.28. The number of likely N-dealkylation sites (N-methyl/N-ethyl adjacent to an activating group) is 1. The average Bonchev–Trinajstić information content (AvgIpc) is 2.22. The predicted octanol–water partition coefficient (Wildman–Crippen LogP) is 0.914. The Bertz CT molecular complexity index is 355. The number of halogens is 2. The molecule has 0 radical (unpaired) electrons. The molecule has 0 fully saturated rings. The number of carbonyl (C=O) groups excluding carboxylic acids is 1. The first kappa shape index (κ1) is 11.6. The van der Waals surface area contributed by atoms with Gasteiger partial charge in [0.15, 0.2) is 0 Å². The maximum absolute atomic E-state index is 13.1. The van der Waals surface area contributed by atoms with E-state index < -0.39 is 17.5 Å². The second-order valence-electron chi connectivity index (χ2n) is 2.98. The normalized spacial score (nSPS) is 10.1. The molecule has 1 amide bonds. The first-order chi connectivity index (χ1) is 7.15. The van der Waals surface area contributed by atoms with Gasteiger partial charge < -0.3 is 10.6 Å². The molecule has 3 nitrogen and oxygen atoms in total. The van der Waals surface area contributed by atoms with Crippen molar-refractivity contribution in [3.63, 3.8) is 0 Å². The summed E-state index contributed by atoms with van der Waals surface area (Å²) in [6.45, 7) is 0.938. The lowest BCUT2D eigenvalue weighted by atomic mass is 10.2. The monoisotopic (exact) mass is 214 g/mol. The summed E-state index contributed by atoms with van der Waals surface area (Å²) >= 11 is 0. The van der Waals surface area contributed by atoms with Crippen LogP contribution in [0.4, 0.5) is 8.78 Å². The van der Waals surface area contributed by atoms with Gasteiger partial charge in [0, 0.05) is 13.1 Å². The Balaban J connectivity index is 2.68. The molecule has 0 aromatic heterocycles. The van der Waals surface area contributed by atoms with Crippen LogP contribution in [0.1, 0.15) is 10.4 Å². The molecule has 0 bridgehead atoms. The lowest BCUT2D eigenvalue weighted by Crippen LogP contribution is -2.31. The zero-order chi connectivity index (χ0) is 11.3. The molecule has 0 spiro atoms. The Hall–Kier alpha value is -1.49. The smallest absolute Gasteiger partial charge is 0.254 e. The summed E-state index contributed by atoms with van der Waals surface area (Å²) in [5.41, 5.74) is -0.272. The van der Waals surface area contributed by atoms with E-state index in [-0.39, 0.29) is 5.56 Å². The fourth-order valence-corrected chi connectivity index (χ4v) is 1.07. The molecule has 15 heavy (non-hydrogen) atoms. The van der Waals surface area contributed by atoms with Gasteiger partial charge in [-0.3, -0.25) is 4.79 Å². The lowest BCUT2D eigenvalue weighted by Gasteiger charge is -2.05. The molecule has 0 saturated carbocycles. The van der Waals surface area contributed by atoms with E-state index >= 15 is 0 Å². The van der Waals surface area contributed by atoms with Gasteiger partial charge in [0.25, 0.3) is 5.91 Å². The lowest BCUT2D eigenvalue weighted by molar-refractivity contribution is 0.0949. The van der Waals surface area contributed by atoms with E-state index in [2.05, 4.69) is 10.6 Å². The van der Waals surface area contributed by atoms with Crippen molar-refractivity contribution in [2.45, 2.75) is 0 Å². The summed E-state index contributed by atoms with van der Waals surface area (Å²) < 4.78 is 25.8. The fourth-order valence-electron chi connectivity index (χ4n) is 1.07. The van der Waals surface area contributed by atoms with E-state index in [9.17, 15) is 13.6 Å². The maximum Gasteiger partial charge on any atom is 0.254 e. The van der Waals surface area contributed by atoms with Gasteiger partial charge in [-0.15, -0.1) is 0 Å². The van der Waals surface area contributed by atoms with Crippen molar-refractivity contribution >= 4 is 5.91 Å². The molecular weight excluding hydrogens is 202 g/mol. The van der Waals surface area contributed by atoms with E-state index in [1.165, 1.54) is 0 Å². The number of hydrogen-bond donors (Lipinski definition) is 2. The first-order valence-corrected chi connectivity index (χ1v) is 4.53. The quantitative estimate of drug-likeness (QED) is 0.731. The minimum absolute atomic E-state index is 0.272. The molecule has 1 aromatic rings. The number of benzene rings is 1. The summed E-state index contributed by atoms with van der Waals surface area (Å²) in [5.74, 6) is -1.96. The molecule has 5 heteroatoms. The number of rotatable bonds is 4. The van der Waals surface area contributed by atoms with Crippen molar-refractivity contribution < 1.29 is 13.6 Å². The molecule has 1 aromatic carbocycles. The molecular formula is C10H12F2N2O. The Morgan fingerprint density at radius 3 is 2.73 bits per heavy atom. The van der Waals surface area contributed by atoms with Crippen LogP contribution in [-0.4, -0.2) is 26.0 Å². The van der Waals surface area contributed by atoms with Crippen molar-refractivity contribution in [2.75, 3.05) is 20.1 Å². The molecule has 0 aliphatic heterocycles. The number of amides is 1. The summed E-state index contributed by atoms with van der Waals surface area (Å²) in [4.78, 5) is 11.3. The van der Waals surface area contributed by atoms with Crippen LogP contribution in [0.25, 0.3) is 0 Å². The van der Waals surface area contributed by atoms with Crippen LogP contribution in [-0.2, 0) is 0 Å². The Morgan fingerprint density at radius 2 is 2.07 bits per heavy atom. The molecule has 82 valence electrons. The average molecular weight is 214 g/mol. The first-order valence-electron chi connectivity index (χ1n) is 4.53. The molecule has 1 rings (SSSR count). The maximum atomic E-state index is 13.1. The highest BCUT2D eigenvalue weighted by Crippen LogP contribution is 2.08. The third-order valence-electron chi connectivity index (χ3n) is 1.83. The minimum Gasteiger partial charge on any atom is -0.351 e. The topological polar surface area (TPSA) is 41.1 Å². The molecule has 0 atom stereocenters. The zero-order valence-electron chi connectivity index (χ0n) is 8.31. The number of carbonyl (C=O) groups is 1. The van der Waals surface area contributed by atoms with Crippen LogP contribution in [0.3, 0.4) is 0 Å². The second kappa shape index (κ2) is 5.41. The van der Waals surface area contributed by atoms with Gasteiger partial charge >= 0.3 is 0 Å². The summed E-state index contributed by atoms with van der Waals surface area (Å²) in [6.07, 6.45) is 0. The van der Waals surface area contributed by atoms with Crippen LogP contribution < -0.4 is 10.6 Å². The van der Waals surface area contributed by atoms with Gasteiger partial charge in [-0.2, -0.15) is 0 Å². The van der Waals surface area contributed by atoms with Crippen LogP contribution >= 0.6 is 0 Å². The van der Waals surface area contributed by atoms with E-state index in [4.69, 9.17) is 0 Å². The van der Waals surface area contributed by atoms with E-state index in [1.54, 1.807) is 7.05 Å². The highest BCUT2D eigenvalue weighted by atomic mass is 19.1. The standard InChI is InChI=1S/C10H12F2N2O/c1-13-4-5-14-10(15)8-6-7(11)2-3-9(8)12/h2-3,6,13H,4-5H2,1H3,(H,14,15). The Kier molecular flexibility index (Phi) is 4.17. The van der Waals surface area contributed by atoms with E-state index in [0.29, 0.717) is 13.1 Å². The number of hydrogen-bond acceptors (Lipinski definition) is 2. The largest absolute Gasteiger partial charge is 0.351 e. The SMILES string of the molecule is CNCCNC(=O)c1cc(F)ccc1F. The Morgan fingerprint density at radius 1 is 1.33 bits per heavy atom. The summed E-state index contributed by atoms with van der Waals surface area (Å²) in [7, 11) is 1.73. The van der Waals surface area contributed by atoms with Crippen molar-refractivity contribution in [3.8, 4) is 0 Å². The van der Waals surface area contributed by atoms with Gasteiger partial charge in [-0.25, -0.2) is 8.78 Å². The minimum atomic E-state index is -0.724. The molecule has 0 heterocycles. The third-order valence-corrected chi connectivity index (χ3v) is 1.83. The molecule has 2 N–H and O–H groups in total. The van der Waals surface area contributed by atoms with Crippen LogP contribution in [0, 0.1) is 11.6 Å². The number of nitrogens with one attached hydrogen (secondary N) is 2. The van der Waals surface area contributed by atoms with Crippen molar-refractivity contribution in [2.24, 2.45) is 0 Å². The van der Waals surface area contributed by atoms with Crippen molar-refractivity contribution in [1.29, 1.82) is 0 Å². The molecule has 0 unspecified atom stereocenters. The van der Waals surface area contributed by atoms with Gasteiger partial charge in [0.05, 0.1) is 5.56 Å². The van der Waals surface area contributed by atoms with E-state index in [1.807, 2.05) is 0 Å². The fraction of sp³-hybridized carbons (Fsp3) is 0.300. The van der Waals surface area contributed by atoms with Crippen molar-refractivity contribution in [1.82, 2.24) is 10.6 Å². The third kappa shape index (κ3) is 3.28. The zero-order valence-corrected chi connectivity index (χ0v) is 8.31.